The number of para-hydroxylation sites is 1. The number of hydrogen-bond donors (Lipinski definition) is 3. The highest BCUT2D eigenvalue weighted by molar-refractivity contribution is 6.33. The zero-order valence-electron chi connectivity index (χ0n) is 19.0. The van der Waals surface area contributed by atoms with Gasteiger partial charge < -0.3 is 29.7 Å². The van der Waals surface area contributed by atoms with Crippen molar-refractivity contribution >= 4 is 29.1 Å². The van der Waals surface area contributed by atoms with Gasteiger partial charge in [0.15, 0.2) is 12.2 Å². The lowest BCUT2D eigenvalue weighted by atomic mass is 10.1. The average molecular weight is 499 g/mol. The summed E-state index contributed by atoms with van der Waals surface area (Å²) < 4.78 is 5.37. The van der Waals surface area contributed by atoms with Crippen LogP contribution in [-0.4, -0.2) is 70.3 Å². The summed E-state index contributed by atoms with van der Waals surface area (Å²) in [4.78, 5) is 32.8. The first-order chi connectivity index (χ1) is 16.9. The quantitative estimate of drug-likeness (QED) is 0.431. The standard InChI is InChI=1S/C25H27ClN4O5/c26-19-8-4-5-9-20(19)29-10-12-30(13-11-29)25(34)23(32)22(31)24(33)27-15-21-28-18(16-35-21)14-17-6-2-1-3-7-17/h1-9,16,22-23,31-32H,10-15H2,(H,27,33)/t22-,23-/m1/s1. The van der Waals surface area contributed by atoms with Crippen LogP contribution in [0.2, 0.25) is 5.02 Å². The Morgan fingerprint density at radius 3 is 2.40 bits per heavy atom. The maximum absolute atomic E-state index is 12.7. The Balaban J connectivity index is 1.24. The lowest BCUT2D eigenvalue weighted by molar-refractivity contribution is -0.153. The van der Waals surface area contributed by atoms with E-state index >= 15 is 0 Å². The van der Waals surface area contributed by atoms with E-state index in [1.165, 1.54) is 11.2 Å². The van der Waals surface area contributed by atoms with Gasteiger partial charge in [0.2, 0.25) is 5.89 Å². The average Bonchev–Trinajstić information content (AvgIpc) is 3.34. The predicted molar refractivity (Wildman–Crippen MR) is 130 cm³/mol. The first-order valence-corrected chi connectivity index (χ1v) is 11.7. The molecule has 0 bridgehead atoms. The van der Waals surface area contributed by atoms with Gasteiger partial charge in [-0.1, -0.05) is 54.1 Å². The summed E-state index contributed by atoms with van der Waals surface area (Å²) in [6, 6.07) is 17.2. The smallest absolute Gasteiger partial charge is 0.254 e. The minimum atomic E-state index is -1.91. The first kappa shape index (κ1) is 24.7. The second-order valence-electron chi connectivity index (χ2n) is 8.27. The van der Waals surface area contributed by atoms with Crippen molar-refractivity contribution in [3.05, 3.63) is 83.0 Å². The third-order valence-electron chi connectivity index (χ3n) is 5.85. The summed E-state index contributed by atoms with van der Waals surface area (Å²) in [6.45, 7) is 1.61. The van der Waals surface area contributed by atoms with E-state index in [1.807, 2.05) is 53.4 Å². The predicted octanol–water partition coefficient (Wildman–Crippen LogP) is 1.61. The maximum Gasteiger partial charge on any atom is 0.254 e. The molecule has 9 nitrogen and oxygen atoms in total. The van der Waals surface area contributed by atoms with E-state index in [0.29, 0.717) is 43.3 Å². The lowest BCUT2D eigenvalue weighted by Crippen LogP contribution is -2.55. The number of rotatable bonds is 8. The number of nitrogens with one attached hydrogen (secondary N) is 1. The molecule has 0 aliphatic carbocycles. The molecule has 2 aromatic carbocycles. The largest absolute Gasteiger partial charge is 0.447 e. The van der Waals surface area contributed by atoms with Gasteiger partial charge in [0.1, 0.15) is 6.26 Å². The van der Waals surface area contributed by atoms with Crippen molar-refractivity contribution in [2.75, 3.05) is 31.1 Å². The van der Waals surface area contributed by atoms with Crippen molar-refractivity contribution in [1.29, 1.82) is 0 Å². The van der Waals surface area contributed by atoms with Crippen molar-refractivity contribution in [1.82, 2.24) is 15.2 Å². The van der Waals surface area contributed by atoms with Crippen molar-refractivity contribution in [2.24, 2.45) is 0 Å². The number of benzene rings is 2. The van der Waals surface area contributed by atoms with Gasteiger partial charge in [-0.25, -0.2) is 4.98 Å². The monoisotopic (exact) mass is 498 g/mol. The van der Waals surface area contributed by atoms with Crippen LogP contribution in [0.25, 0.3) is 0 Å². The number of piperazine rings is 1. The minimum absolute atomic E-state index is 0.0812. The second kappa shape index (κ2) is 11.4. The van der Waals surface area contributed by atoms with Gasteiger partial charge in [-0.3, -0.25) is 9.59 Å². The molecule has 2 heterocycles. The van der Waals surface area contributed by atoms with Gasteiger partial charge in [-0.2, -0.15) is 0 Å². The molecule has 10 heteroatoms. The van der Waals surface area contributed by atoms with Crippen LogP contribution >= 0.6 is 11.6 Å². The van der Waals surface area contributed by atoms with Gasteiger partial charge >= 0.3 is 0 Å². The number of amides is 2. The number of halogens is 1. The number of anilines is 1. The zero-order chi connectivity index (χ0) is 24.8. The Bertz CT molecular complexity index is 1150. The third-order valence-corrected chi connectivity index (χ3v) is 6.17. The molecule has 3 N–H and O–H groups in total. The summed E-state index contributed by atoms with van der Waals surface area (Å²) in [5.74, 6) is -1.33. The summed E-state index contributed by atoms with van der Waals surface area (Å²) >= 11 is 6.24. The van der Waals surface area contributed by atoms with E-state index in [0.717, 1.165) is 11.3 Å². The van der Waals surface area contributed by atoms with Gasteiger partial charge in [0.05, 0.1) is 22.9 Å². The molecular weight excluding hydrogens is 472 g/mol. The Hall–Kier alpha value is -3.40. The number of nitrogens with zero attached hydrogens (tertiary/aromatic N) is 3. The van der Waals surface area contributed by atoms with Crippen LogP contribution in [0.3, 0.4) is 0 Å². The van der Waals surface area contributed by atoms with Crippen molar-refractivity contribution < 1.29 is 24.2 Å². The molecule has 184 valence electrons. The highest BCUT2D eigenvalue weighted by atomic mass is 35.5. The number of aliphatic hydroxyl groups excluding tert-OH is 2. The van der Waals surface area contributed by atoms with Crippen LogP contribution in [-0.2, 0) is 22.6 Å². The van der Waals surface area contributed by atoms with Gasteiger partial charge in [-0.05, 0) is 17.7 Å². The SMILES string of the molecule is O=C(NCc1nc(Cc2ccccc2)co1)[C@H](O)[C@@H](O)C(=O)N1CCN(c2ccccc2Cl)CC1. The fraction of sp³-hybridized carbons (Fsp3) is 0.320. The molecule has 3 aromatic rings. The van der Waals surface area contributed by atoms with E-state index < -0.39 is 24.0 Å². The molecule has 2 amide bonds. The molecule has 1 saturated heterocycles. The Morgan fingerprint density at radius 1 is 1.00 bits per heavy atom. The molecule has 1 aromatic heterocycles. The maximum atomic E-state index is 12.7. The number of carbonyl (C=O) groups excluding carboxylic acids is 2. The summed E-state index contributed by atoms with van der Waals surface area (Å²) in [7, 11) is 0. The topological polar surface area (TPSA) is 119 Å². The van der Waals surface area contributed by atoms with Crippen LogP contribution in [0.1, 0.15) is 17.1 Å². The highest BCUT2D eigenvalue weighted by Crippen LogP contribution is 2.26. The second-order valence-corrected chi connectivity index (χ2v) is 8.67. The van der Waals surface area contributed by atoms with Crippen LogP contribution in [0.5, 0.6) is 0 Å². The molecule has 1 aliphatic heterocycles. The molecule has 35 heavy (non-hydrogen) atoms. The highest BCUT2D eigenvalue weighted by Gasteiger charge is 2.34. The fourth-order valence-electron chi connectivity index (χ4n) is 3.93. The molecule has 2 atom stereocenters. The number of oxazole rings is 1. The number of aromatic nitrogens is 1. The van der Waals surface area contributed by atoms with E-state index in [2.05, 4.69) is 10.3 Å². The molecule has 0 spiro atoms. The molecule has 0 unspecified atom stereocenters. The Kier molecular flexibility index (Phi) is 8.02. The molecule has 4 rings (SSSR count). The Labute approximate surface area is 207 Å². The van der Waals surface area contributed by atoms with E-state index in [9.17, 15) is 19.8 Å². The summed E-state index contributed by atoms with van der Waals surface area (Å²) in [5, 5.41) is 23.6. The first-order valence-electron chi connectivity index (χ1n) is 11.3. The van der Waals surface area contributed by atoms with Crippen LogP contribution in [0.15, 0.2) is 65.3 Å². The summed E-state index contributed by atoms with van der Waals surface area (Å²) in [5.41, 5.74) is 2.65. The molecule has 0 saturated carbocycles. The normalized spacial score (nSPS) is 15.5. The number of hydrogen-bond acceptors (Lipinski definition) is 7. The molecule has 1 aliphatic rings. The van der Waals surface area contributed by atoms with Crippen LogP contribution < -0.4 is 10.2 Å². The van der Waals surface area contributed by atoms with Crippen molar-refractivity contribution in [3.63, 3.8) is 0 Å². The van der Waals surface area contributed by atoms with Crippen LogP contribution in [0.4, 0.5) is 5.69 Å². The minimum Gasteiger partial charge on any atom is -0.447 e. The van der Waals surface area contributed by atoms with Crippen molar-refractivity contribution in [3.8, 4) is 0 Å². The van der Waals surface area contributed by atoms with Crippen molar-refractivity contribution in [2.45, 2.75) is 25.2 Å². The zero-order valence-corrected chi connectivity index (χ0v) is 19.8. The van der Waals surface area contributed by atoms with E-state index in [4.69, 9.17) is 16.0 Å². The van der Waals surface area contributed by atoms with E-state index in [1.54, 1.807) is 6.07 Å². The van der Waals surface area contributed by atoms with Gasteiger partial charge in [0.25, 0.3) is 11.8 Å². The number of carbonyl (C=O) groups is 2. The lowest BCUT2D eigenvalue weighted by Gasteiger charge is -2.37. The third kappa shape index (κ3) is 6.19. The summed E-state index contributed by atoms with van der Waals surface area (Å²) in [6.07, 6.45) is -1.70. The number of aliphatic hydroxyl groups is 2. The van der Waals surface area contributed by atoms with E-state index in [-0.39, 0.29) is 12.4 Å². The molecule has 0 radical (unpaired) electrons. The van der Waals surface area contributed by atoms with Gasteiger partial charge in [0, 0.05) is 32.6 Å². The van der Waals surface area contributed by atoms with Gasteiger partial charge in [-0.15, -0.1) is 0 Å². The fourth-order valence-corrected chi connectivity index (χ4v) is 4.18. The Morgan fingerprint density at radius 2 is 1.69 bits per heavy atom. The molecule has 1 fully saturated rings. The molecular formula is C25H27ClN4O5. The van der Waals surface area contributed by atoms with Crippen LogP contribution in [0, 0.1) is 0 Å².